The van der Waals surface area contributed by atoms with E-state index in [2.05, 4.69) is 15.9 Å². The van der Waals surface area contributed by atoms with Crippen LogP contribution in [-0.2, 0) is 6.54 Å². The summed E-state index contributed by atoms with van der Waals surface area (Å²) in [5.74, 6) is -0.524. The highest BCUT2D eigenvalue weighted by Gasteiger charge is 2.34. The molecule has 112 valence electrons. The first-order chi connectivity index (χ1) is 10.6. The zero-order chi connectivity index (χ0) is 15.7. The van der Waals surface area contributed by atoms with Crippen molar-refractivity contribution in [1.82, 2.24) is 9.47 Å². The Hall–Kier alpha value is -2.21. The van der Waals surface area contributed by atoms with Crippen molar-refractivity contribution in [3.8, 4) is 0 Å². The quantitative estimate of drug-likeness (QED) is 0.786. The van der Waals surface area contributed by atoms with Gasteiger partial charge in [-0.3, -0.25) is 19.3 Å². The fourth-order valence-corrected chi connectivity index (χ4v) is 2.90. The maximum atomic E-state index is 12.2. The smallest absolute Gasteiger partial charge is 0.261 e. The standard InChI is InChI=1S/C16H13BrN2O3/c17-11-6-7-14(20)18(10-11)8-3-9-19-15(21)12-4-1-2-5-13(12)16(19)22/h1-2,4-7,10H,3,8-9H2. The van der Waals surface area contributed by atoms with Gasteiger partial charge in [-0.25, -0.2) is 0 Å². The zero-order valence-corrected chi connectivity index (χ0v) is 13.2. The van der Waals surface area contributed by atoms with Gasteiger partial charge >= 0.3 is 0 Å². The molecule has 22 heavy (non-hydrogen) atoms. The fourth-order valence-electron chi connectivity index (χ4n) is 2.52. The molecular weight excluding hydrogens is 348 g/mol. The second-order valence-corrected chi connectivity index (χ2v) is 5.96. The van der Waals surface area contributed by atoms with Crippen LogP contribution < -0.4 is 5.56 Å². The Morgan fingerprint density at radius 3 is 2.14 bits per heavy atom. The van der Waals surface area contributed by atoms with E-state index >= 15 is 0 Å². The van der Waals surface area contributed by atoms with Crippen molar-refractivity contribution in [2.24, 2.45) is 0 Å². The third-order valence-electron chi connectivity index (χ3n) is 3.61. The van der Waals surface area contributed by atoms with Gasteiger partial charge in [-0.2, -0.15) is 0 Å². The van der Waals surface area contributed by atoms with E-state index in [1.54, 1.807) is 41.1 Å². The van der Waals surface area contributed by atoms with Crippen LogP contribution in [0.3, 0.4) is 0 Å². The average Bonchev–Trinajstić information content (AvgIpc) is 2.76. The van der Waals surface area contributed by atoms with Gasteiger partial charge in [0.15, 0.2) is 0 Å². The predicted octanol–water partition coefficient (Wildman–Crippen LogP) is 2.30. The van der Waals surface area contributed by atoms with E-state index in [9.17, 15) is 14.4 Å². The van der Waals surface area contributed by atoms with Crippen LogP contribution in [0.5, 0.6) is 0 Å². The highest BCUT2D eigenvalue weighted by molar-refractivity contribution is 9.10. The highest BCUT2D eigenvalue weighted by Crippen LogP contribution is 2.22. The Morgan fingerprint density at radius 1 is 0.864 bits per heavy atom. The number of aryl methyl sites for hydroxylation is 1. The predicted molar refractivity (Wildman–Crippen MR) is 84.8 cm³/mol. The van der Waals surface area contributed by atoms with Crippen LogP contribution in [0, 0.1) is 0 Å². The summed E-state index contributed by atoms with van der Waals surface area (Å²) in [6.45, 7) is 0.747. The van der Waals surface area contributed by atoms with Crippen molar-refractivity contribution in [1.29, 1.82) is 0 Å². The van der Waals surface area contributed by atoms with E-state index in [4.69, 9.17) is 0 Å². The number of amides is 2. The first-order valence-corrected chi connectivity index (χ1v) is 7.68. The van der Waals surface area contributed by atoms with E-state index in [-0.39, 0.29) is 17.4 Å². The maximum Gasteiger partial charge on any atom is 0.261 e. The molecule has 6 heteroatoms. The van der Waals surface area contributed by atoms with Gasteiger partial charge in [-0.1, -0.05) is 12.1 Å². The molecule has 1 aromatic carbocycles. The minimum Gasteiger partial charge on any atom is -0.314 e. The third-order valence-corrected chi connectivity index (χ3v) is 4.08. The number of benzene rings is 1. The summed E-state index contributed by atoms with van der Waals surface area (Å²) < 4.78 is 2.37. The average molecular weight is 361 g/mol. The van der Waals surface area contributed by atoms with Crippen molar-refractivity contribution in [3.63, 3.8) is 0 Å². The summed E-state index contributed by atoms with van der Waals surface area (Å²) in [5, 5.41) is 0. The molecule has 5 nitrogen and oxygen atoms in total. The SMILES string of the molecule is O=C1c2ccccc2C(=O)N1CCCn1cc(Br)ccc1=O. The normalized spacial score (nSPS) is 13.6. The van der Waals surface area contributed by atoms with Crippen molar-refractivity contribution in [2.45, 2.75) is 13.0 Å². The van der Waals surface area contributed by atoms with Gasteiger partial charge in [0.1, 0.15) is 0 Å². The molecule has 1 aliphatic rings. The van der Waals surface area contributed by atoms with Gasteiger partial charge in [0.2, 0.25) is 0 Å². The molecule has 0 N–H and O–H groups in total. The van der Waals surface area contributed by atoms with E-state index in [0.29, 0.717) is 30.6 Å². The van der Waals surface area contributed by atoms with Gasteiger partial charge in [0.05, 0.1) is 11.1 Å². The molecule has 0 fully saturated rings. The summed E-state index contributed by atoms with van der Waals surface area (Å²) in [7, 11) is 0. The Balaban J connectivity index is 1.68. The second-order valence-electron chi connectivity index (χ2n) is 5.04. The molecule has 0 spiro atoms. The number of hydrogen-bond donors (Lipinski definition) is 0. The Labute approximate surface area is 135 Å². The largest absolute Gasteiger partial charge is 0.314 e. The van der Waals surface area contributed by atoms with Gasteiger partial charge in [0.25, 0.3) is 17.4 Å². The van der Waals surface area contributed by atoms with E-state index in [0.717, 1.165) is 4.47 Å². The molecule has 1 aliphatic heterocycles. The van der Waals surface area contributed by atoms with E-state index in [1.165, 1.54) is 11.0 Å². The van der Waals surface area contributed by atoms with Crippen molar-refractivity contribution in [2.75, 3.05) is 6.54 Å². The molecule has 1 aromatic heterocycles. The molecule has 2 aromatic rings. The lowest BCUT2D eigenvalue weighted by Crippen LogP contribution is -2.32. The monoisotopic (exact) mass is 360 g/mol. The number of carbonyl (C=O) groups excluding carboxylic acids is 2. The number of fused-ring (bicyclic) bond motifs is 1. The number of imide groups is 1. The highest BCUT2D eigenvalue weighted by atomic mass is 79.9. The summed E-state index contributed by atoms with van der Waals surface area (Å²) in [5.41, 5.74) is 0.796. The Morgan fingerprint density at radius 2 is 1.50 bits per heavy atom. The summed E-state index contributed by atoms with van der Waals surface area (Å²) in [4.78, 5) is 37.3. The van der Waals surface area contributed by atoms with Crippen LogP contribution in [0.25, 0.3) is 0 Å². The summed E-state index contributed by atoms with van der Waals surface area (Å²) in [6, 6.07) is 9.97. The molecule has 0 atom stereocenters. The lowest BCUT2D eigenvalue weighted by Gasteiger charge is -2.14. The number of rotatable bonds is 4. The second kappa shape index (κ2) is 5.88. The molecule has 0 radical (unpaired) electrons. The van der Waals surface area contributed by atoms with Crippen molar-refractivity contribution < 1.29 is 9.59 Å². The number of pyridine rings is 1. The number of aromatic nitrogens is 1. The zero-order valence-electron chi connectivity index (χ0n) is 11.7. The van der Waals surface area contributed by atoms with Gasteiger partial charge < -0.3 is 4.57 Å². The topological polar surface area (TPSA) is 59.4 Å². The first kappa shape index (κ1) is 14.7. The van der Waals surface area contributed by atoms with E-state index in [1.807, 2.05) is 0 Å². The Kier molecular flexibility index (Phi) is 3.94. The minimum absolute atomic E-state index is 0.106. The molecule has 0 saturated carbocycles. The molecule has 2 amide bonds. The molecule has 0 saturated heterocycles. The summed E-state index contributed by atoms with van der Waals surface area (Å²) >= 11 is 3.31. The van der Waals surface area contributed by atoms with Crippen molar-refractivity contribution >= 4 is 27.7 Å². The number of hydrogen-bond acceptors (Lipinski definition) is 3. The maximum absolute atomic E-state index is 12.2. The van der Waals surface area contributed by atoms with Crippen LogP contribution in [0.4, 0.5) is 0 Å². The van der Waals surface area contributed by atoms with Gasteiger partial charge in [-0.15, -0.1) is 0 Å². The molecular formula is C16H13BrN2O3. The van der Waals surface area contributed by atoms with Crippen LogP contribution in [0.2, 0.25) is 0 Å². The van der Waals surface area contributed by atoms with Crippen LogP contribution in [-0.4, -0.2) is 27.8 Å². The molecule has 0 unspecified atom stereocenters. The Bertz CT molecular complexity index is 778. The van der Waals surface area contributed by atoms with Gasteiger partial charge in [-0.05, 0) is 40.5 Å². The lowest BCUT2D eigenvalue weighted by atomic mass is 10.1. The van der Waals surface area contributed by atoms with Gasteiger partial charge in [0, 0.05) is 29.8 Å². The van der Waals surface area contributed by atoms with Crippen molar-refractivity contribution in [3.05, 3.63) is 68.5 Å². The number of halogens is 1. The minimum atomic E-state index is -0.262. The lowest BCUT2D eigenvalue weighted by molar-refractivity contribution is 0.0650. The molecule has 0 aliphatic carbocycles. The van der Waals surface area contributed by atoms with Crippen LogP contribution in [0.1, 0.15) is 27.1 Å². The van der Waals surface area contributed by atoms with E-state index < -0.39 is 0 Å². The fraction of sp³-hybridized carbons (Fsp3) is 0.188. The molecule has 2 heterocycles. The summed E-state index contributed by atoms with van der Waals surface area (Å²) in [6.07, 6.45) is 2.23. The third kappa shape index (κ3) is 2.62. The van der Waals surface area contributed by atoms with Crippen LogP contribution >= 0.6 is 15.9 Å². The first-order valence-electron chi connectivity index (χ1n) is 6.89. The molecule has 3 rings (SSSR count). The van der Waals surface area contributed by atoms with Crippen LogP contribution in [0.15, 0.2) is 51.9 Å². The number of nitrogens with zero attached hydrogens (tertiary/aromatic N) is 2. The number of carbonyl (C=O) groups is 2. The molecule has 0 bridgehead atoms.